The normalized spacial score (nSPS) is 16.5. The van der Waals surface area contributed by atoms with Crippen molar-refractivity contribution in [2.24, 2.45) is 17.1 Å². The van der Waals surface area contributed by atoms with Crippen LogP contribution in [0.4, 0.5) is 5.00 Å². The van der Waals surface area contributed by atoms with Crippen molar-refractivity contribution in [2.75, 3.05) is 5.32 Å². The van der Waals surface area contributed by atoms with Crippen LogP contribution in [0, 0.1) is 25.2 Å². The number of rotatable bonds is 5. The van der Waals surface area contributed by atoms with Crippen molar-refractivity contribution in [3.8, 4) is 0 Å². The molecular weight excluding hydrogens is 368 g/mol. The number of amides is 2. The van der Waals surface area contributed by atoms with Gasteiger partial charge in [0.25, 0.3) is 11.8 Å². The molecule has 3 N–H and O–H groups in total. The fourth-order valence-electron chi connectivity index (χ4n) is 3.95. The molecule has 0 fully saturated rings. The highest BCUT2D eigenvalue weighted by Crippen LogP contribution is 2.45. The first kappa shape index (κ1) is 20.6. The molecule has 0 unspecified atom stereocenters. The van der Waals surface area contributed by atoms with E-state index < -0.39 is 5.91 Å². The van der Waals surface area contributed by atoms with E-state index in [0.29, 0.717) is 22.0 Å². The number of hydrogen-bond acceptors (Lipinski definition) is 3. The third-order valence-corrected chi connectivity index (χ3v) is 7.69. The van der Waals surface area contributed by atoms with Gasteiger partial charge in [-0.1, -0.05) is 33.3 Å². The number of nitrogens with two attached hydrogens (primary N) is 1. The largest absolute Gasteiger partial charge is 0.365 e. The number of benzene rings is 1. The van der Waals surface area contributed by atoms with Crippen LogP contribution in [0.1, 0.15) is 75.9 Å². The van der Waals surface area contributed by atoms with Crippen LogP contribution in [0.15, 0.2) is 18.2 Å². The van der Waals surface area contributed by atoms with Gasteiger partial charge in [-0.2, -0.15) is 0 Å². The molecule has 0 spiro atoms. The van der Waals surface area contributed by atoms with Gasteiger partial charge in [0.05, 0.1) is 5.56 Å². The molecule has 3 rings (SSSR count). The summed E-state index contributed by atoms with van der Waals surface area (Å²) >= 11 is 1.52. The van der Waals surface area contributed by atoms with Crippen LogP contribution < -0.4 is 11.1 Å². The standard InChI is InChI=1S/C23H30N2O2S/c1-6-23(4,5)16-9-10-17-18(12-16)28-22(19(17)20(24)26)25-21(27)15-8-7-13(2)14(3)11-15/h7-8,11,16H,6,9-10,12H2,1-5H3,(H2,24,26)(H,25,27)/t16-/m1/s1. The third-order valence-electron chi connectivity index (χ3n) is 6.52. The number of carbonyl (C=O) groups excluding carboxylic acids is 2. The van der Waals surface area contributed by atoms with Gasteiger partial charge in [-0.3, -0.25) is 9.59 Å². The van der Waals surface area contributed by atoms with Crippen molar-refractivity contribution in [1.82, 2.24) is 0 Å². The van der Waals surface area contributed by atoms with Gasteiger partial charge in [-0.05, 0) is 73.3 Å². The second kappa shape index (κ2) is 7.70. The van der Waals surface area contributed by atoms with Gasteiger partial charge in [0.15, 0.2) is 0 Å². The lowest BCUT2D eigenvalue weighted by Crippen LogP contribution is -2.29. The SMILES string of the molecule is CCC(C)(C)[C@@H]1CCc2c(sc(NC(=O)c3ccc(C)c(C)c3)c2C(N)=O)C1. The van der Waals surface area contributed by atoms with E-state index >= 15 is 0 Å². The maximum atomic E-state index is 12.8. The fourth-order valence-corrected chi connectivity index (χ4v) is 5.28. The number of primary amides is 1. The molecule has 0 bridgehead atoms. The van der Waals surface area contributed by atoms with Crippen molar-refractivity contribution in [1.29, 1.82) is 0 Å². The number of hydrogen-bond donors (Lipinski definition) is 2. The molecule has 150 valence electrons. The van der Waals surface area contributed by atoms with E-state index in [1.54, 1.807) is 0 Å². The number of anilines is 1. The average molecular weight is 399 g/mol. The number of carbonyl (C=O) groups is 2. The lowest BCUT2D eigenvalue weighted by Gasteiger charge is -2.36. The minimum atomic E-state index is -0.457. The maximum absolute atomic E-state index is 12.8. The Kier molecular flexibility index (Phi) is 5.67. The van der Waals surface area contributed by atoms with Crippen LogP contribution in [-0.4, -0.2) is 11.8 Å². The second-order valence-corrected chi connectivity index (χ2v) is 9.71. The van der Waals surface area contributed by atoms with Crippen molar-refractivity contribution in [3.63, 3.8) is 0 Å². The number of fused-ring (bicyclic) bond motifs is 1. The molecule has 0 saturated carbocycles. The van der Waals surface area contributed by atoms with Crippen LogP contribution in [-0.2, 0) is 12.8 Å². The van der Waals surface area contributed by atoms with Crippen LogP contribution >= 0.6 is 11.3 Å². The highest BCUT2D eigenvalue weighted by atomic mass is 32.1. The molecular formula is C23H30N2O2S. The lowest BCUT2D eigenvalue weighted by atomic mass is 9.69. The van der Waals surface area contributed by atoms with Crippen LogP contribution in [0.25, 0.3) is 0 Å². The van der Waals surface area contributed by atoms with Gasteiger partial charge in [-0.25, -0.2) is 0 Å². The van der Waals surface area contributed by atoms with E-state index in [2.05, 4.69) is 26.1 Å². The summed E-state index contributed by atoms with van der Waals surface area (Å²) in [5.74, 6) is -0.0802. The van der Waals surface area contributed by atoms with Crippen LogP contribution in [0.2, 0.25) is 0 Å². The first-order chi connectivity index (χ1) is 13.1. The number of nitrogens with one attached hydrogen (secondary N) is 1. The predicted molar refractivity (Wildman–Crippen MR) is 116 cm³/mol. The molecule has 1 aliphatic rings. The molecule has 4 nitrogen and oxygen atoms in total. The molecule has 1 heterocycles. The van der Waals surface area contributed by atoms with Gasteiger partial charge in [0.2, 0.25) is 0 Å². The molecule has 0 aliphatic heterocycles. The van der Waals surface area contributed by atoms with Gasteiger partial charge >= 0.3 is 0 Å². The Labute approximate surface area is 171 Å². The number of aryl methyl sites for hydroxylation is 2. The van der Waals surface area contributed by atoms with E-state index in [0.717, 1.165) is 42.4 Å². The first-order valence-corrected chi connectivity index (χ1v) is 10.8. The van der Waals surface area contributed by atoms with Crippen molar-refractivity contribution < 1.29 is 9.59 Å². The summed E-state index contributed by atoms with van der Waals surface area (Å²) in [6.07, 6.45) is 3.96. The van der Waals surface area contributed by atoms with Crippen molar-refractivity contribution in [3.05, 3.63) is 50.9 Å². The summed E-state index contributed by atoms with van der Waals surface area (Å²) in [5.41, 5.74) is 10.3. The van der Waals surface area contributed by atoms with Gasteiger partial charge < -0.3 is 11.1 Å². The summed E-state index contributed by atoms with van der Waals surface area (Å²) in [7, 11) is 0. The molecule has 2 amide bonds. The fraction of sp³-hybridized carbons (Fsp3) is 0.478. The molecule has 0 radical (unpaired) electrons. The highest BCUT2D eigenvalue weighted by molar-refractivity contribution is 7.17. The van der Waals surface area contributed by atoms with Gasteiger partial charge in [-0.15, -0.1) is 11.3 Å². The second-order valence-electron chi connectivity index (χ2n) is 8.61. The highest BCUT2D eigenvalue weighted by Gasteiger charge is 2.35. The number of thiophene rings is 1. The van der Waals surface area contributed by atoms with Crippen molar-refractivity contribution >= 4 is 28.2 Å². The summed E-state index contributed by atoms with van der Waals surface area (Å²) < 4.78 is 0. The maximum Gasteiger partial charge on any atom is 0.256 e. The zero-order chi connectivity index (χ0) is 20.6. The minimum Gasteiger partial charge on any atom is -0.365 e. The third kappa shape index (κ3) is 3.86. The molecule has 1 aromatic carbocycles. The van der Waals surface area contributed by atoms with E-state index in [1.165, 1.54) is 16.2 Å². The Morgan fingerprint density at radius 3 is 2.57 bits per heavy atom. The van der Waals surface area contributed by atoms with E-state index in [1.807, 2.05) is 32.0 Å². The van der Waals surface area contributed by atoms with Crippen LogP contribution in [0.3, 0.4) is 0 Å². The zero-order valence-corrected chi connectivity index (χ0v) is 18.3. The first-order valence-electron chi connectivity index (χ1n) is 9.97. The lowest BCUT2D eigenvalue weighted by molar-refractivity contribution is 0.0999. The minimum absolute atomic E-state index is 0.199. The zero-order valence-electron chi connectivity index (χ0n) is 17.4. The molecule has 0 saturated heterocycles. The Morgan fingerprint density at radius 2 is 1.96 bits per heavy atom. The quantitative estimate of drug-likeness (QED) is 0.721. The van der Waals surface area contributed by atoms with Gasteiger partial charge in [0.1, 0.15) is 5.00 Å². The topological polar surface area (TPSA) is 72.2 Å². The summed E-state index contributed by atoms with van der Waals surface area (Å²) in [6, 6.07) is 5.63. The van der Waals surface area contributed by atoms with E-state index in [4.69, 9.17) is 5.73 Å². The summed E-state index contributed by atoms with van der Waals surface area (Å²) in [4.78, 5) is 26.2. The smallest absolute Gasteiger partial charge is 0.256 e. The summed E-state index contributed by atoms with van der Waals surface area (Å²) in [5, 5.41) is 3.55. The van der Waals surface area contributed by atoms with Crippen molar-refractivity contribution in [2.45, 2.75) is 60.3 Å². The molecule has 28 heavy (non-hydrogen) atoms. The Bertz CT molecular complexity index is 927. The molecule has 1 atom stereocenters. The Balaban J connectivity index is 1.91. The van der Waals surface area contributed by atoms with Crippen LogP contribution in [0.5, 0.6) is 0 Å². The summed E-state index contributed by atoms with van der Waals surface area (Å²) in [6.45, 7) is 10.9. The molecule has 1 aliphatic carbocycles. The Morgan fingerprint density at radius 1 is 1.25 bits per heavy atom. The van der Waals surface area contributed by atoms with E-state index in [-0.39, 0.29) is 11.3 Å². The predicted octanol–water partition coefficient (Wildman–Crippen LogP) is 5.26. The van der Waals surface area contributed by atoms with Gasteiger partial charge in [0, 0.05) is 10.4 Å². The average Bonchev–Trinajstić information content (AvgIpc) is 3.00. The molecule has 1 aromatic heterocycles. The Hall–Kier alpha value is -2.14. The molecule has 5 heteroatoms. The monoisotopic (exact) mass is 398 g/mol. The molecule has 2 aromatic rings. The van der Waals surface area contributed by atoms with E-state index in [9.17, 15) is 9.59 Å².